The highest BCUT2D eigenvalue weighted by Gasteiger charge is 2.40. The van der Waals surface area contributed by atoms with E-state index in [1.54, 1.807) is 0 Å². The number of hydrogen-bond donors (Lipinski definition) is 1. The van der Waals surface area contributed by atoms with Crippen LogP contribution in [0.1, 0.15) is 24.8 Å². The molecule has 0 heterocycles. The Bertz CT molecular complexity index is 306. The number of halogens is 1. The van der Waals surface area contributed by atoms with Crippen LogP contribution in [0.3, 0.4) is 0 Å². The summed E-state index contributed by atoms with van der Waals surface area (Å²) in [4.78, 5) is 0. The minimum Gasteiger partial charge on any atom is -0.316 e. The Labute approximate surface area is 103 Å². The smallest absolute Gasteiger partial charge is 0.0292 e. The van der Waals surface area contributed by atoms with Gasteiger partial charge in [-0.1, -0.05) is 30.3 Å². The van der Waals surface area contributed by atoms with E-state index in [0.29, 0.717) is 5.41 Å². The van der Waals surface area contributed by atoms with E-state index in [0.717, 1.165) is 19.0 Å². The SMILES string of the molecule is ClCC1(CNCCCc2ccccc2)CC1. The first-order valence-electron chi connectivity index (χ1n) is 6.15. The van der Waals surface area contributed by atoms with Gasteiger partial charge in [0.1, 0.15) is 0 Å². The predicted octanol–water partition coefficient (Wildman–Crippen LogP) is 3.23. The van der Waals surface area contributed by atoms with Crippen molar-refractivity contribution in [1.29, 1.82) is 0 Å². The number of alkyl halides is 1. The molecule has 1 fully saturated rings. The van der Waals surface area contributed by atoms with Crippen molar-refractivity contribution in [2.75, 3.05) is 19.0 Å². The van der Waals surface area contributed by atoms with Crippen LogP contribution < -0.4 is 5.32 Å². The number of hydrogen-bond acceptors (Lipinski definition) is 1. The van der Waals surface area contributed by atoms with E-state index in [-0.39, 0.29) is 0 Å². The summed E-state index contributed by atoms with van der Waals surface area (Å²) in [5.41, 5.74) is 1.89. The lowest BCUT2D eigenvalue weighted by Crippen LogP contribution is -2.26. The molecule has 2 heteroatoms. The normalized spacial score (nSPS) is 17.3. The summed E-state index contributed by atoms with van der Waals surface area (Å²) < 4.78 is 0. The van der Waals surface area contributed by atoms with E-state index < -0.39 is 0 Å². The molecule has 0 saturated heterocycles. The van der Waals surface area contributed by atoms with Crippen molar-refractivity contribution in [3.05, 3.63) is 35.9 Å². The molecule has 1 nitrogen and oxygen atoms in total. The molecule has 0 unspecified atom stereocenters. The molecular formula is C14H20ClN. The van der Waals surface area contributed by atoms with Crippen LogP contribution in [0.5, 0.6) is 0 Å². The van der Waals surface area contributed by atoms with Crippen LogP contribution in [-0.2, 0) is 6.42 Å². The maximum atomic E-state index is 5.92. The zero-order valence-electron chi connectivity index (χ0n) is 9.71. The Morgan fingerprint density at radius 1 is 1.19 bits per heavy atom. The molecule has 0 amide bonds. The van der Waals surface area contributed by atoms with Gasteiger partial charge in [0.05, 0.1) is 0 Å². The standard InChI is InChI=1S/C14H20ClN/c15-11-14(8-9-14)12-16-10-4-7-13-5-2-1-3-6-13/h1-3,5-6,16H,4,7-12H2. The third-order valence-electron chi connectivity index (χ3n) is 3.40. The zero-order valence-corrected chi connectivity index (χ0v) is 10.5. The van der Waals surface area contributed by atoms with E-state index in [2.05, 4.69) is 35.6 Å². The quantitative estimate of drug-likeness (QED) is 0.567. The van der Waals surface area contributed by atoms with E-state index in [9.17, 15) is 0 Å². The third-order valence-corrected chi connectivity index (χ3v) is 3.97. The Morgan fingerprint density at radius 2 is 1.94 bits per heavy atom. The predicted molar refractivity (Wildman–Crippen MR) is 70.0 cm³/mol. The van der Waals surface area contributed by atoms with Gasteiger partial charge in [-0.05, 0) is 43.2 Å². The third kappa shape index (κ3) is 3.50. The Morgan fingerprint density at radius 3 is 2.56 bits per heavy atom. The maximum absolute atomic E-state index is 5.92. The first-order valence-corrected chi connectivity index (χ1v) is 6.69. The van der Waals surface area contributed by atoms with E-state index in [1.165, 1.54) is 31.2 Å². The van der Waals surface area contributed by atoms with Crippen molar-refractivity contribution in [3.63, 3.8) is 0 Å². The van der Waals surface area contributed by atoms with Crippen LogP contribution in [-0.4, -0.2) is 19.0 Å². The molecule has 0 aromatic heterocycles. The average molecular weight is 238 g/mol. The first kappa shape index (κ1) is 11.9. The van der Waals surface area contributed by atoms with Gasteiger partial charge in [-0.3, -0.25) is 0 Å². The molecule has 0 atom stereocenters. The van der Waals surface area contributed by atoms with Crippen molar-refractivity contribution in [2.24, 2.45) is 5.41 Å². The maximum Gasteiger partial charge on any atom is 0.0292 e. The summed E-state index contributed by atoms with van der Waals surface area (Å²) in [6.07, 6.45) is 4.99. The molecule has 1 aromatic carbocycles. The van der Waals surface area contributed by atoms with Gasteiger partial charge in [-0.25, -0.2) is 0 Å². The summed E-state index contributed by atoms with van der Waals surface area (Å²) >= 11 is 5.92. The molecule has 1 aromatic rings. The van der Waals surface area contributed by atoms with Gasteiger partial charge < -0.3 is 5.32 Å². The summed E-state index contributed by atoms with van der Waals surface area (Å²) in [5, 5.41) is 3.52. The van der Waals surface area contributed by atoms with Gasteiger partial charge in [-0.15, -0.1) is 11.6 Å². The molecule has 0 bridgehead atoms. The molecule has 1 aliphatic carbocycles. The highest BCUT2D eigenvalue weighted by molar-refractivity contribution is 6.18. The van der Waals surface area contributed by atoms with Gasteiger partial charge in [0, 0.05) is 12.4 Å². The van der Waals surface area contributed by atoms with Crippen molar-refractivity contribution in [1.82, 2.24) is 5.32 Å². The summed E-state index contributed by atoms with van der Waals surface area (Å²) in [6, 6.07) is 10.7. The summed E-state index contributed by atoms with van der Waals surface area (Å²) in [6.45, 7) is 2.21. The zero-order chi connectivity index (χ0) is 11.3. The Kier molecular flexibility index (Phi) is 4.25. The monoisotopic (exact) mass is 237 g/mol. The fraction of sp³-hybridized carbons (Fsp3) is 0.571. The topological polar surface area (TPSA) is 12.0 Å². The van der Waals surface area contributed by atoms with Crippen molar-refractivity contribution >= 4 is 11.6 Å². The Hall–Kier alpha value is -0.530. The van der Waals surface area contributed by atoms with Crippen molar-refractivity contribution in [2.45, 2.75) is 25.7 Å². The second kappa shape index (κ2) is 5.70. The molecule has 1 aliphatic rings. The highest BCUT2D eigenvalue weighted by atomic mass is 35.5. The van der Waals surface area contributed by atoms with E-state index >= 15 is 0 Å². The fourth-order valence-electron chi connectivity index (χ4n) is 1.95. The lowest BCUT2D eigenvalue weighted by molar-refractivity contribution is 0.500. The number of nitrogens with one attached hydrogen (secondary N) is 1. The average Bonchev–Trinajstić information content (AvgIpc) is 3.11. The number of rotatable bonds is 7. The molecule has 0 radical (unpaired) electrons. The minimum absolute atomic E-state index is 0.453. The molecule has 88 valence electrons. The highest BCUT2D eigenvalue weighted by Crippen LogP contribution is 2.45. The van der Waals surface area contributed by atoms with Crippen LogP contribution in [0, 0.1) is 5.41 Å². The van der Waals surface area contributed by atoms with Gasteiger partial charge in [0.15, 0.2) is 0 Å². The largest absolute Gasteiger partial charge is 0.316 e. The van der Waals surface area contributed by atoms with Gasteiger partial charge in [0.2, 0.25) is 0 Å². The van der Waals surface area contributed by atoms with Gasteiger partial charge in [0.25, 0.3) is 0 Å². The lowest BCUT2D eigenvalue weighted by Gasteiger charge is -2.12. The van der Waals surface area contributed by atoms with Crippen molar-refractivity contribution < 1.29 is 0 Å². The van der Waals surface area contributed by atoms with Crippen LogP contribution >= 0.6 is 11.6 Å². The molecule has 1 saturated carbocycles. The van der Waals surface area contributed by atoms with Crippen molar-refractivity contribution in [3.8, 4) is 0 Å². The Balaban J connectivity index is 1.56. The summed E-state index contributed by atoms with van der Waals surface area (Å²) in [7, 11) is 0. The van der Waals surface area contributed by atoms with Gasteiger partial charge >= 0.3 is 0 Å². The van der Waals surface area contributed by atoms with E-state index in [4.69, 9.17) is 11.6 Å². The first-order chi connectivity index (χ1) is 7.85. The molecule has 2 rings (SSSR count). The van der Waals surface area contributed by atoms with Gasteiger partial charge in [-0.2, -0.15) is 0 Å². The van der Waals surface area contributed by atoms with E-state index in [1.807, 2.05) is 0 Å². The fourth-order valence-corrected chi connectivity index (χ4v) is 2.31. The lowest BCUT2D eigenvalue weighted by atomic mass is 10.1. The van der Waals surface area contributed by atoms with Crippen LogP contribution in [0.4, 0.5) is 0 Å². The molecular weight excluding hydrogens is 218 g/mol. The van der Waals surface area contributed by atoms with Crippen LogP contribution in [0.15, 0.2) is 30.3 Å². The number of benzene rings is 1. The molecule has 0 spiro atoms. The molecule has 1 N–H and O–H groups in total. The minimum atomic E-state index is 0.453. The molecule has 16 heavy (non-hydrogen) atoms. The van der Waals surface area contributed by atoms with Crippen LogP contribution in [0.25, 0.3) is 0 Å². The molecule has 0 aliphatic heterocycles. The second-order valence-corrected chi connectivity index (χ2v) is 5.17. The summed E-state index contributed by atoms with van der Waals surface area (Å²) in [5.74, 6) is 0.818. The van der Waals surface area contributed by atoms with Crippen LogP contribution in [0.2, 0.25) is 0 Å². The number of aryl methyl sites for hydroxylation is 1. The second-order valence-electron chi connectivity index (χ2n) is 4.90.